The number of hydrogen-bond donors (Lipinski definition) is 0. The zero-order valence-corrected chi connectivity index (χ0v) is 14.7. The van der Waals surface area contributed by atoms with Gasteiger partial charge in [-0.25, -0.2) is 4.39 Å². The van der Waals surface area contributed by atoms with Crippen LogP contribution in [0.15, 0.2) is 46.9 Å². The van der Waals surface area contributed by atoms with E-state index in [9.17, 15) is 14.0 Å². The van der Waals surface area contributed by atoms with E-state index in [0.717, 1.165) is 4.90 Å². The van der Waals surface area contributed by atoms with Crippen LogP contribution in [0.1, 0.15) is 16.8 Å². The van der Waals surface area contributed by atoms with Gasteiger partial charge in [-0.05, 0) is 30.3 Å². The van der Waals surface area contributed by atoms with E-state index in [2.05, 4.69) is 15.9 Å². The molecular formula is C18H14BrFN2O3. The quantitative estimate of drug-likeness (QED) is 0.659. The number of aldehydes is 1. The van der Waals surface area contributed by atoms with Crippen molar-refractivity contribution >= 4 is 33.8 Å². The van der Waals surface area contributed by atoms with Crippen molar-refractivity contribution in [3.05, 3.63) is 58.3 Å². The lowest BCUT2D eigenvalue weighted by Gasteiger charge is -2.22. The number of nitrogens with zero attached hydrogens (tertiary/aromatic N) is 2. The van der Waals surface area contributed by atoms with Gasteiger partial charge in [0.15, 0.2) is 12.9 Å². The van der Waals surface area contributed by atoms with Crippen molar-refractivity contribution in [1.29, 1.82) is 5.26 Å². The Kier molecular flexibility index (Phi) is 6.66. The average molecular weight is 405 g/mol. The molecule has 0 N–H and O–H groups in total. The third-order valence-corrected chi connectivity index (χ3v) is 3.83. The summed E-state index contributed by atoms with van der Waals surface area (Å²) in [5.74, 6) is -0.827. The molecule has 2 aromatic carbocycles. The van der Waals surface area contributed by atoms with Crippen LogP contribution in [0.2, 0.25) is 0 Å². The normalized spacial score (nSPS) is 9.96. The molecule has 0 aromatic heterocycles. The first-order valence-electron chi connectivity index (χ1n) is 7.36. The molecule has 0 bridgehead atoms. The Morgan fingerprint density at radius 2 is 2.08 bits per heavy atom. The molecule has 0 unspecified atom stereocenters. The van der Waals surface area contributed by atoms with Gasteiger partial charge in [0.1, 0.15) is 11.6 Å². The van der Waals surface area contributed by atoms with Gasteiger partial charge in [0.2, 0.25) is 0 Å². The maximum atomic E-state index is 14.0. The molecule has 1 amide bonds. The van der Waals surface area contributed by atoms with Gasteiger partial charge < -0.3 is 9.64 Å². The Hall–Kier alpha value is -2.72. The molecule has 0 saturated carbocycles. The van der Waals surface area contributed by atoms with Crippen LogP contribution in [0.25, 0.3) is 0 Å². The van der Waals surface area contributed by atoms with Crippen molar-refractivity contribution in [3.63, 3.8) is 0 Å². The number of carbonyl (C=O) groups excluding carboxylic acids is 2. The van der Waals surface area contributed by atoms with E-state index in [-0.39, 0.29) is 36.6 Å². The highest BCUT2D eigenvalue weighted by Crippen LogP contribution is 2.23. The Morgan fingerprint density at radius 3 is 2.76 bits per heavy atom. The van der Waals surface area contributed by atoms with Crippen LogP contribution in [0.3, 0.4) is 0 Å². The molecule has 5 nitrogen and oxygen atoms in total. The van der Waals surface area contributed by atoms with E-state index in [1.165, 1.54) is 18.2 Å². The molecule has 0 fully saturated rings. The highest BCUT2D eigenvalue weighted by atomic mass is 79.9. The molecule has 0 radical (unpaired) electrons. The first-order valence-corrected chi connectivity index (χ1v) is 8.15. The topological polar surface area (TPSA) is 70.4 Å². The molecule has 25 heavy (non-hydrogen) atoms. The van der Waals surface area contributed by atoms with Gasteiger partial charge >= 0.3 is 0 Å². The number of hydrogen-bond acceptors (Lipinski definition) is 4. The third kappa shape index (κ3) is 4.88. The second-order valence-electron chi connectivity index (χ2n) is 4.99. The summed E-state index contributed by atoms with van der Waals surface area (Å²) < 4.78 is 20.1. The van der Waals surface area contributed by atoms with Crippen molar-refractivity contribution in [2.24, 2.45) is 0 Å². The van der Waals surface area contributed by atoms with E-state index in [0.29, 0.717) is 10.8 Å². The summed E-state index contributed by atoms with van der Waals surface area (Å²) >= 11 is 3.25. The van der Waals surface area contributed by atoms with E-state index in [4.69, 9.17) is 10.00 Å². The van der Waals surface area contributed by atoms with E-state index >= 15 is 0 Å². The minimum absolute atomic E-state index is 0.0422. The summed E-state index contributed by atoms with van der Waals surface area (Å²) in [4.78, 5) is 24.7. The summed E-state index contributed by atoms with van der Waals surface area (Å²) in [6.07, 6.45) is 0.673. The summed E-state index contributed by atoms with van der Waals surface area (Å²) in [7, 11) is 0. The van der Waals surface area contributed by atoms with E-state index in [1.54, 1.807) is 24.3 Å². The van der Waals surface area contributed by atoms with E-state index < -0.39 is 11.7 Å². The average Bonchev–Trinajstić information content (AvgIpc) is 2.62. The van der Waals surface area contributed by atoms with Crippen LogP contribution in [0, 0.1) is 17.1 Å². The molecule has 0 aliphatic carbocycles. The Bertz CT molecular complexity index is 820. The van der Waals surface area contributed by atoms with Crippen molar-refractivity contribution in [2.45, 2.75) is 6.42 Å². The predicted molar refractivity (Wildman–Crippen MR) is 94.0 cm³/mol. The zero-order chi connectivity index (χ0) is 18.2. The number of nitriles is 1. The number of rotatable bonds is 7. The number of carbonyl (C=O) groups is 2. The second-order valence-corrected chi connectivity index (χ2v) is 5.91. The molecule has 0 saturated heterocycles. The fraction of sp³-hybridized carbons (Fsp3) is 0.167. The SMILES string of the molecule is N#CCCN(C(=O)COc1ccc(Br)cc1C=O)c1ccccc1F. The van der Waals surface area contributed by atoms with Gasteiger partial charge in [-0.15, -0.1) is 0 Å². The van der Waals surface area contributed by atoms with Crippen LogP contribution in [0.5, 0.6) is 5.75 Å². The lowest BCUT2D eigenvalue weighted by atomic mass is 10.2. The molecule has 0 aliphatic heterocycles. The van der Waals surface area contributed by atoms with Gasteiger partial charge in [0.25, 0.3) is 5.91 Å². The van der Waals surface area contributed by atoms with Gasteiger partial charge in [-0.1, -0.05) is 28.1 Å². The van der Waals surface area contributed by atoms with Gasteiger partial charge in [0.05, 0.1) is 23.7 Å². The summed E-state index contributed by atoms with van der Waals surface area (Å²) in [6.45, 7) is -0.345. The summed E-state index contributed by atoms with van der Waals surface area (Å²) in [5, 5.41) is 8.76. The number of anilines is 1. The molecule has 128 valence electrons. The van der Waals surface area contributed by atoms with Gasteiger partial charge in [-0.3, -0.25) is 9.59 Å². The van der Waals surface area contributed by atoms with Crippen molar-refractivity contribution in [1.82, 2.24) is 0 Å². The van der Waals surface area contributed by atoms with Crippen molar-refractivity contribution < 1.29 is 18.7 Å². The van der Waals surface area contributed by atoms with Crippen molar-refractivity contribution in [2.75, 3.05) is 18.1 Å². The standard InChI is InChI=1S/C18H14BrFN2O3/c19-14-6-7-17(13(10-14)11-23)25-12-18(24)22(9-3-8-21)16-5-2-1-4-15(16)20/h1-2,4-7,10-11H,3,9,12H2. The highest BCUT2D eigenvalue weighted by molar-refractivity contribution is 9.10. The fourth-order valence-corrected chi connectivity index (χ4v) is 2.55. The first-order chi connectivity index (χ1) is 12.1. The van der Waals surface area contributed by atoms with Crippen molar-refractivity contribution in [3.8, 4) is 11.8 Å². The number of ether oxygens (including phenoxy) is 1. The van der Waals surface area contributed by atoms with Gasteiger partial charge in [0, 0.05) is 11.0 Å². The lowest BCUT2D eigenvalue weighted by molar-refractivity contribution is -0.120. The number of amides is 1. The smallest absolute Gasteiger partial charge is 0.265 e. The molecule has 7 heteroatoms. The maximum absolute atomic E-state index is 14.0. The number of benzene rings is 2. The molecular weight excluding hydrogens is 391 g/mol. The fourth-order valence-electron chi connectivity index (χ4n) is 2.17. The molecule has 2 aromatic rings. The number of para-hydroxylation sites is 1. The zero-order valence-electron chi connectivity index (χ0n) is 13.1. The van der Waals surface area contributed by atoms with Crippen LogP contribution >= 0.6 is 15.9 Å². The minimum Gasteiger partial charge on any atom is -0.483 e. The van der Waals surface area contributed by atoms with Crippen LogP contribution < -0.4 is 9.64 Å². The van der Waals surface area contributed by atoms with E-state index in [1.807, 2.05) is 6.07 Å². The molecule has 2 rings (SSSR count). The largest absolute Gasteiger partial charge is 0.483 e. The Balaban J connectivity index is 2.16. The minimum atomic E-state index is -0.564. The monoisotopic (exact) mass is 404 g/mol. The molecule has 0 aliphatic rings. The van der Waals surface area contributed by atoms with Crippen LogP contribution in [-0.2, 0) is 4.79 Å². The molecule has 0 atom stereocenters. The van der Waals surface area contributed by atoms with Gasteiger partial charge in [-0.2, -0.15) is 5.26 Å². The third-order valence-electron chi connectivity index (χ3n) is 3.34. The predicted octanol–water partition coefficient (Wildman–Crippen LogP) is 3.73. The van der Waals surface area contributed by atoms with Crippen LogP contribution in [-0.4, -0.2) is 25.3 Å². The Morgan fingerprint density at radius 1 is 1.32 bits per heavy atom. The second kappa shape index (κ2) is 8.94. The summed E-state index contributed by atoms with van der Waals surface area (Å²) in [5.41, 5.74) is 0.370. The summed E-state index contributed by atoms with van der Waals surface area (Å²) in [6, 6.07) is 12.5. The lowest BCUT2D eigenvalue weighted by Crippen LogP contribution is -2.36. The Labute approximate surface area is 152 Å². The maximum Gasteiger partial charge on any atom is 0.265 e. The molecule has 0 spiro atoms. The number of halogens is 2. The van der Waals surface area contributed by atoms with Crippen LogP contribution in [0.4, 0.5) is 10.1 Å². The molecule has 0 heterocycles. The highest BCUT2D eigenvalue weighted by Gasteiger charge is 2.19. The first kappa shape index (κ1) is 18.6.